The molecule has 90 valence electrons. The SMILES string of the molecule is COC(=O)/[13C](=C\c1ccc(F)cc1)NC(C)=O. The zero-order valence-electron chi connectivity index (χ0n) is 9.49. The molecule has 5 heteroatoms. The van der Waals surface area contributed by atoms with Crippen molar-refractivity contribution in [1.29, 1.82) is 0 Å². The summed E-state index contributed by atoms with van der Waals surface area (Å²) in [5.41, 5.74) is 0.590. The number of carbonyl (C=O) groups is 2. The molecule has 0 aliphatic rings. The summed E-state index contributed by atoms with van der Waals surface area (Å²) >= 11 is 0. The minimum Gasteiger partial charge on any atom is -0.464 e. The first kappa shape index (κ1) is 12.9. The molecule has 1 aromatic rings. The van der Waals surface area contributed by atoms with Gasteiger partial charge in [0.1, 0.15) is 11.5 Å². The van der Waals surface area contributed by atoms with Gasteiger partial charge in [0.2, 0.25) is 5.91 Å². The molecule has 17 heavy (non-hydrogen) atoms. The summed E-state index contributed by atoms with van der Waals surface area (Å²) in [4.78, 5) is 22.2. The van der Waals surface area contributed by atoms with Crippen molar-refractivity contribution in [2.75, 3.05) is 7.11 Å². The van der Waals surface area contributed by atoms with Gasteiger partial charge in [0.05, 0.1) is 7.11 Å². The highest BCUT2D eigenvalue weighted by Gasteiger charge is 2.10. The van der Waals surface area contributed by atoms with Crippen LogP contribution in [-0.2, 0) is 14.3 Å². The van der Waals surface area contributed by atoms with Gasteiger partial charge in [-0.3, -0.25) is 4.79 Å². The first-order valence-electron chi connectivity index (χ1n) is 4.86. The third-order valence-electron chi connectivity index (χ3n) is 1.90. The van der Waals surface area contributed by atoms with Gasteiger partial charge in [-0.15, -0.1) is 0 Å². The minimum atomic E-state index is -0.662. The topological polar surface area (TPSA) is 55.4 Å². The number of ether oxygens (including phenoxy) is 1. The molecule has 0 aliphatic carbocycles. The maximum absolute atomic E-state index is 12.7. The van der Waals surface area contributed by atoms with Gasteiger partial charge in [-0.05, 0) is 23.8 Å². The maximum Gasteiger partial charge on any atom is 0.354 e. The summed E-state index contributed by atoms with van der Waals surface area (Å²) in [6, 6.07) is 5.49. The van der Waals surface area contributed by atoms with E-state index in [1.54, 1.807) is 0 Å². The lowest BCUT2D eigenvalue weighted by Gasteiger charge is -2.05. The van der Waals surface area contributed by atoms with Crippen LogP contribution in [0.25, 0.3) is 6.08 Å². The van der Waals surface area contributed by atoms with Crippen molar-refractivity contribution in [2.45, 2.75) is 6.92 Å². The second-order valence-corrected chi connectivity index (χ2v) is 3.28. The van der Waals surface area contributed by atoms with E-state index in [1.165, 1.54) is 44.4 Å². The Labute approximate surface area is 98.1 Å². The molecule has 0 unspecified atom stereocenters. The van der Waals surface area contributed by atoms with Crippen LogP contribution in [0.3, 0.4) is 0 Å². The number of hydrogen-bond acceptors (Lipinski definition) is 3. The van der Waals surface area contributed by atoms with Crippen LogP contribution in [0.2, 0.25) is 0 Å². The molecule has 0 radical (unpaired) electrons. The van der Waals surface area contributed by atoms with Gasteiger partial charge in [-0.1, -0.05) is 12.1 Å². The molecule has 0 spiro atoms. The fraction of sp³-hybridized carbons (Fsp3) is 0.167. The van der Waals surface area contributed by atoms with Crippen molar-refractivity contribution < 1.29 is 18.7 Å². The number of methoxy groups -OCH3 is 1. The number of esters is 1. The molecular weight excluding hydrogens is 226 g/mol. The lowest BCUT2D eigenvalue weighted by Crippen LogP contribution is -2.25. The Morgan fingerprint density at radius 3 is 2.35 bits per heavy atom. The van der Waals surface area contributed by atoms with Gasteiger partial charge < -0.3 is 10.1 Å². The van der Waals surface area contributed by atoms with E-state index >= 15 is 0 Å². The zero-order chi connectivity index (χ0) is 12.8. The molecular formula is C12H12FNO3. The van der Waals surface area contributed by atoms with Gasteiger partial charge in [-0.25, -0.2) is 9.18 Å². The second-order valence-electron chi connectivity index (χ2n) is 3.28. The van der Waals surface area contributed by atoms with Crippen molar-refractivity contribution in [3.63, 3.8) is 0 Å². The van der Waals surface area contributed by atoms with Crippen LogP contribution >= 0.6 is 0 Å². The molecule has 4 nitrogen and oxygen atoms in total. The second kappa shape index (κ2) is 5.79. The third-order valence-corrected chi connectivity index (χ3v) is 1.90. The highest BCUT2D eigenvalue weighted by Crippen LogP contribution is 2.08. The number of rotatable bonds is 3. The maximum atomic E-state index is 12.7. The van der Waals surface area contributed by atoms with Gasteiger partial charge in [-0.2, -0.15) is 0 Å². The number of hydrogen-bond donors (Lipinski definition) is 1. The van der Waals surface area contributed by atoms with Crippen LogP contribution in [0.1, 0.15) is 12.5 Å². The Hall–Kier alpha value is -2.17. The summed E-state index contributed by atoms with van der Waals surface area (Å²) in [7, 11) is 1.21. The van der Waals surface area contributed by atoms with E-state index in [1.807, 2.05) is 0 Å². The van der Waals surface area contributed by atoms with E-state index in [4.69, 9.17) is 0 Å². The van der Waals surface area contributed by atoms with E-state index in [-0.39, 0.29) is 17.4 Å². The van der Waals surface area contributed by atoms with Crippen LogP contribution < -0.4 is 5.32 Å². The molecule has 1 amide bonds. The molecule has 1 aromatic carbocycles. The first-order valence-corrected chi connectivity index (χ1v) is 4.86. The predicted molar refractivity (Wildman–Crippen MR) is 60.2 cm³/mol. The highest BCUT2D eigenvalue weighted by atomic mass is 19.1. The molecule has 0 aliphatic heterocycles. The standard InChI is InChI=1S/C12H12FNO3/c1-8(15)14-11(12(16)17-2)7-9-3-5-10(13)6-4-9/h3-7H,1-2H3,(H,14,15)/b11-7+/i11+1. The van der Waals surface area contributed by atoms with Crippen molar-refractivity contribution in [3.05, 3.63) is 41.3 Å². The van der Waals surface area contributed by atoms with Gasteiger partial charge >= 0.3 is 5.97 Å². The fourth-order valence-corrected chi connectivity index (χ4v) is 1.17. The third kappa shape index (κ3) is 4.06. The van der Waals surface area contributed by atoms with E-state index in [9.17, 15) is 14.0 Å². The number of nitrogens with one attached hydrogen (secondary N) is 1. The number of benzene rings is 1. The molecule has 0 saturated heterocycles. The first-order chi connectivity index (χ1) is 8.02. The molecule has 1 rings (SSSR count). The summed E-state index contributed by atoms with van der Waals surface area (Å²) < 4.78 is 17.2. The van der Waals surface area contributed by atoms with Crippen LogP contribution in [0.5, 0.6) is 0 Å². The van der Waals surface area contributed by atoms with E-state index in [0.717, 1.165) is 0 Å². The molecule has 1 N–H and O–H groups in total. The highest BCUT2D eigenvalue weighted by molar-refractivity contribution is 5.97. The van der Waals surface area contributed by atoms with E-state index in [2.05, 4.69) is 10.1 Å². The Kier molecular flexibility index (Phi) is 4.39. The average molecular weight is 238 g/mol. The van der Waals surface area contributed by atoms with Crippen molar-refractivity contribution in [3.8, 4) is 0 Å². The Morgan fingerprint density at radius 1 is 1.29 bits per heavy atom. The van der Waals surface area contributed by atoms with Crippen molar-refractivity contribution in [1.82, 2.24) is 5.32 Å². The average Bonchev–Trinajstić information content (AvgIpc) is 2.29. The lowest BCUT2D eigenvalue weighted by atomic mass is 10.2. The smallest absolute Gasteiger partial charge is 0.354 e. The van der Waals surface area contributed by atoms with E-state index < -0.39 is 5.97 Å². The van der Waals surface area contributed by atoms with Gasteiger partial charge in [0.15, 0.2) is 0 Å². The van der Waals surface area contributed by atoms with Crippen LogP contribution in [-0.4, -0.2) is 19.0 Å². The normalized spacial score (nSPS) is 10.9. The Balaban J connectivity index is 3.00. The fourth-order valence-electron chi connectivity index (χ4n) is 1.17. The molecule has 0 atom stereocenters. The minimum absolute atomic E-state index is 0.00612. The largest absolute Gasteiger partial charge is 0.464 e. The number of halogens is 1. The summed E-state index contributed by atoms with van der Waals surface area (Å²) in [5.74, 6) is -1.42. The summed E-state index contributed by atoms with van der Waals surface area (Å²) in [6.45, 7) is 1.28. The van der Waals surface area contributed by atoms with E-state index in [0.29, 0.717) is 5.56 Å². The van der Waals surface area contributed by atoms with Gasteiger partial charge in [0.25, 0.3) is 0 Å². The quantitative estimate of drug-likeness (QED) is 0.493. The van der Waals surface area contributed by atoms with Crippen LogP contribution in [0.15, 0.2) is 30.0 Å². The molecule has 0 aromatic heterocycles. The molecule has 0 saturated carbocycles. The van der Waals surface area contributed by atoms with Gasteiger partial charge in [0, 0.05) is 6.92 Å². The summed E-state index contributed by atoms with van der Waals surface area (Å²) in [5, 5.41) is 2.35. The predicted octanol–water partition coefficient (Wildman–Crippen LogP) is 1.48. The summed E-state index contributed by atoms with van der Waals surface area (Å²) in [6.07, 6.45) is 1.41. The number of amides is 1. The zero-order valence-corrected chi connectivity index (χ0v) is 9.49. The molecule has 0 heterocycles. The van der Waals surface area contributed by atoms with Crippen LogP contribution in [0, 0.1) is 5.82 Å². The molecule has 0 bridgehead atoms. The Morgan fingerprint density at radius 2 is 1.88 bits per heavy atom. The monoisotopic (exact) mass is 238 g/mol. The van der Waals surface area contributed by atoms with Crippen LogP contribution in [0.4, 0.5) is 4.39 Å². The Bertz CT molecular complexity index is 451. The van der Waals surface area contributed by atoms with Crippen molar-refractivity contribution in [2.24, 2.45) is 0 Å². The number of carbonyl (C=O) groups excluding carboxylic acids is 2. The lowest BCUT2D eigenvalue weighted by molar-refractivity contribution is -0.137. The molecule has 0 fully saturated rings. The van der Waals surface area contributed by atoms with Crippen molar-refractivity contribution >= 4 is 18.0 Å².